The Bertz CT molecular complexity index is 3540. The minimum atomic E-state index is 0.504. The van der Waals surface area contributed by atoms with Gasteiger partial charge in [-0.15, -0.1) is 0 Å². The van der Waals surface area contributed by atoms with Crippen LogP contribution in [0.25, 0.3) is 99.8 Å². The van der Waals surface area contributed by atoms with E-state index < -0.39 is 0 Å². The number of para-hydroxylation sites is 2. The summed E-state index contributed by atoms with van der Waals surface area (Å²) in [5, 5.41) is 34.5. The van der Waals surface area contributed by atoms with Gasteiger partial charge >= 0.3 is 0 Å². The first-order valence-corrected chi connectivity index (χ1v) is 20.3. The zero-order chi connectivity index (χ0) is 41.7. The first kappa shape index (κ1) is 36.1. The Hall–Kier alpha value is -9.02. The lowest BCUT2D eigenvalue weighted by Gasteiger charge is -2.21. The van der Waals surface area contributed by atoms with Crippen molar-refractivity contribution in [1.82, 2.24) is 14.1 Å². The normalized spacial score (nSPS) is 11.2. The molecule has 0 aliphatic heterocycles. The van der Waals surface area contributed by atoms with Crippen molar-refractivity contribution >= 4 is 43.6 Å². The lowest BCUT2D eigenvalue weighted by Crippen LogP contribution is -2.06. The van der Waals surface area contributed by atoms with Gasteiger partial charge in [0.1, 0.15) is 0 Å². The predicted molar refractivity (Wildman–Crippen MR) is 249 cm³/mol. The van der Waals surface area contributed by atoms with Crippen LogP contribution in [0.5, 0.6) is 0 Å². The molecule has 0 aliphatic rings. The second-order valence-corrected chi connectivity index (χ2v) is 15.3. The maximum absolute atomic E-state index is 10.9. The molecule has 8 aromatic carbocycles. The summed E-state index contributed by atoms with van der Waals surface area (Å²) in [6, 6.07) is 72.4. The molecule has 286 valence electrons. The van der Waals surface area contributed by atoms with Crippen LogP contribution in [0.3, 0.4) is 0 Å². The standard InChI is InChI=1S/C56H32N6/c57-33-36-11-8-15-40(27-36)42-23-25-52-46(31-42)44-17-4-6-21-50(44)61(52)54-29-38(35-59)30-55(56(54)49-20-10-19-48(60-49)39-13-2-1-3-14-39)62-51-22-7-5-18-45(51)47-32-43(24-26-53(47)62)41-16-9-12-37(28-41)34-58/h1-32H. The molecule has 6 heteroatoms. The van der Waals surface area contributed by atoms with E-state index in [9.17, 15) is 15.8 Å². The van der Waals surface area contributed by atoms with Gasteiger partial charge in [-0.05, 0) is 107 Å². The van der Waals surface area contributed by atoms with E-state index in [1.807, 2.05) is 84.9 Å². The van der Waals surface area contributed by atoms with Gasteiger partial charge < -0.3 is 9.13 Å². The highest BCUT2D eigenvalue weighted by Gasteiger charge is 2.24. The number of benzene rings is 8. The van der Waals surface area contributed by atoms with Crippen molar-refractivity contribution < 1.29 is 0 Å². The molecule has 0 atom stereocenters. The Morgan fingerprint density at radius 1 is 0.323 bits per heavy atom. The van der Waals surface area contributed by atoms with Crippen LogP contribution in [0.15, 0.2) is 194 Å². The Balaban J connectivity index is 1.24. The average molecular weight is 789 g/mol. The van der Waals surface area contributed by atoms with Gasteiger partial charge in [-0.1, -0.05) is 109 Å². The molecule has 0 radical (unpaired) electrons. The van der Waals surface area contributed by atoms with Gasteiger partial charge in [0.05, 0.1) is 79.7 Å². The molecule has 0 fully saturated rings. The van der Waals surface area contributed by atoms with Gasteiger partial charge in [-0.3, -0.25) is 0 Å². The molecule has 6 nitrogen and oxygen atoms in total. The van der Waals surface area contributed by atoms with Crippen LogP contribution in [0.4, 0.5) is 0 Å². The number of nitrogens with zero attached hydrogens (tertiary/aromatic N) is 6. The van der Waals surface area contributed by atoms with Crippen molar-refractivity contribution in [1.29, 1.82) is 15.8 Å². The summed E-state index contributed by atoms with van der Waals surface area (Å²) in [5.41, 5.74) is 14.7. The average Bonchev–Trinajstić information content (AvgIpc) is 3.86. The maximum atomic E-state index is 10.9. The van der Waals surface area contributed by atoms with Crippen molar-refractivity contribution in [3.8, 4) is 74.4 Å². The van der Waals surface area contributed by atoms with E-state index in [1.165, 1.54) is 0 Å². The van der Waals surface area contributed by atoms with Crippen LogP contribution in [-0.2, 0) is 0 Å². The number of aromatic nitrogens is 3. The number of hydrogen-bond donors (Lipinski definition) is 0. The van der Waals surface area contributed by atoms with E-state index in [0.717, 1.165) is 99.8 Å². The van der Waals surface area contributed by atoms with Crippen LogP contribution < -0.4 is 0 Å². The molecule has 11 rings (SSSR count). The molecule has 0 bridgehead atoms. The van der Waals surface area contributed by atoms with Gasteiger partial charge in [-0.25, -0.2) is 4.98 Å². The zero-order valence-electron chi connectivity index (χ0n) is 33.2. The van der Waals surface area contributed by atoms with E-state index in [0.29, 0.717) is 16.7 Å². The summed E-state index contributed by atoms with van der Waals surface area (Å²) in [4.78, 5) is 5.41. The van der Waals surface area contributed by atoms with Crippen molar-refractivity contribution in [2.24, 2.45) is 0 Å². The van der Waals surface area contributed by atoms with Gasteiger partial charge in [0.2, 0.25) is 0 Å². The van der Waals surface area contributed by atoms with E-state index >= 15 is 0 Å². The molecular formula is C56H32N6. The summed E-state index contributed by atoms with van der Waals surface area (Å²) in [6.45, 7) is 0. The van der Waals surface area contributed by atoms with E-state index in [-0.39, 0.29) is 0 Å². The fourth-order valence-electron chi connectivity index (χ4n) is 9.00. The highest BCUT2D eigenvalue weighted by Crippen LogP contribution is 2.44. The lowest BCUT2D eigenvalue weighted by molar-refractivity contribution is 1.12. The van der Waals surface area contributed by atoms with E-state index in [2.05, 4.69) is 137 Å². The molecule has 0 N–H and O–H groups in total. The fraction of sp³-hybridized carbons (Fsp3) is 0. The first-order valence-electron chi connectivity index (χ1n) is 20.3. The second kappa shape index (κ2) is 14.7. The molecule has 0 aliphatic carbocycles. The largest absolute Gasteiger partial charge is 0.308 e. The van der Waals surface area contributed by atoms with Gasteiger partial charge in [0.25, 0.3) is 0 Å². The van der Waals surface area contributed by atoms with Gasteiger partial charge in [-0.2, -0.15) is 15.8 Å². The monoisotopic (exact) mass is 788 g/mol. The SMILES string of the molecule is N#Cc1cccc(-c2ccc3c(c2)c2ccccc2n3-c2cc(C#N)cc(-n3c4ccccc4c4cc(-c5cccc(C#N)c5)ccc43)c2-c2cccc(-c3ccccc3)n2)c1. The fourth-order valence-corrected chi connectivity index (χ4v) is 9.00. The Kier molecular flexibility index (Phi) is 8.54. The summed E-state index contributed by atoms with van der Waals surface area (Å²) in [6.07, 6.45) is 0. The van der Waals surface area contributed by atoms with Crippen LogP contribution in [0.1, 0.15) is 16.7 Å². The Labute approximate surface area is 357 Å². The first-order chi connectivity index (χ1) is 30.6. The minimum Gasteiger partial charge on any atom is -0.308 e. The third-order valence-corrected chi connectivity index (χ3v) is 11.8. The zero-order valence-corrected chi connectivity index (χ0v) is 33.2. The number of rotatable bonds is 6. The molecule has 0 saturated carbocycles. The molecule has 0 saturated heterocycles. The number of hydrogen-bond acceptors (Lipinski definition) is 4. The third-order valence-electron chi connectivity index (χ3n) is 11.8. The summed E-state index contributed by atoms with van der Waals surface area (Å²) >= 11 is 0. The van der Waals surface area contributed by atoms with Crippen LogP contribution in [0.2, 0.25) is 0 Å². The Morgan fingerprint density at radius 3 is 1.29 bits per heavy atom. The summed E-state index contributed by atoms with van der Waals surface area (Å²) < 4.78 is 4.54. The summed E-state index contributed by atoms with van der Waals surface area (Å²) in [7, 11) is 0. The van der Waals surface area contributed by atoms with Crippen LogP contribution in [0, 0.1) is 34.0 Å². The Morgan fingerprint density at radius 2 is 0.758 bits per heavy atom. The van der Waals surface area contributed by atoms with Gasteiger partial charge in [0, 0.05) is 32.7 Å². The highest BCUT2D eigenvalue weighted by atomic mass is 15.0. The molecule has 0 spiro atoms. The van der Waals surface area contributed by atoms with Crippen molar-refractivity contribution in [2.45, 2.75) is 0 Å². The smallest absolute Gasteiger partial charge is 0.0993 e. The van der Waals surface area contributed by atoms with Crippen LogP contribution >= 0.6 is 0 Å². The molecule has 3 aromatic heterocycles. The topological polar surface area (TPSA) is 94.1 Å². The third kappa shape index (κ3) is 5.89. The molecule has 62 heavy (non-hydrogen) atoms. The quantitative estimate of drug-likeness (QED) is 0.168. The number of pyridine rings is 1. The van der Waals surface area contributed by atoms with Gasteiger partial charge in [0.15, 0.2) is 0 Å². The van der Waals surface area contributed by atoms with Crippen molar-refractivity contribution in [3.05, 3.63) is 211 Å². The summed E-state index contributed by atoms with van der Waals surface area (Å²) in [5.74, 6) is 0. The molecule has 11 aromatic rings. The second-order valence-electron chi connectivity index (χ2n) is 15.3. The molecule has 3 heterocycles. The van der Waals surface area contributed by atoms with Crippen molar-refractivity contribution in [2.75, 3.05) is 0 Å². The molecule has 0 amide bonds. The van der Waals surface area contributed by atoms with Crippen molar-refractivity contribution in [3.63, 3.8) is 0 Å². The molecule has 0 unspecified atom stereocenters. The van der Waals surface area contributed by atoms with E-state index in [1.54, 1.807) is 0 Å². The molecular weight excluding hydrogens is 757 g/mol. The minimum absolute atomic E-state index is 0.504. The number of nitriles is 3. The highest BCUT2D eigenvalue weighted by molar-refractivity contribution is 6.13. The van der Waals surface area contributed by atoms with Crippen LogP contribution in [-0.4, -0.2) is 14.1 Å². The lowest BCUT2D eigenvalue weighted by atomic mass is 10.00. The maximum Gasteiger partial charge on any atom is 0.0993 e. The number of fused-ring (bicyclic) bond motifs is 6. The van der Waals surface area contributed by atoms with E-state index in [4.69, 9.17) is 4.98 Å². The predicted octanol–water partition coefficient (Wildman–Crippen LogP) is 13.6.